The molecule has 0 aliphatic rings. The van der Waals surface area contributed by atoms with Gasteiger partial charge in [0.25, 0.3) is 5.91 Å². The molecule has 5 nitrogen and oxygen atoms in total. The van der Waals surface area contributed by atoms with Crippen LogP contribution in [0.25, 0.3) is 0 Å². The van der Waals surface area contributed by atoms with Crippen LogP contribution >= 0.6 is 22.9 Å². The van der Waals surface area contributed by atoms with Crippen LogP contribution in [0.15, 0.2) is 35.2 Å². The number of aryl methyl sites for hydroxylation is 1. The standard InChI is InChI=1S/C15H15ClN2O3S/c1-10(15(20)18-12-3-2-7-17-14(12)16)21-13(19)5-4-11-6-8-22-9-11/h2-3,6-10H,4-5H2,1H3,(H,18,20)/t10-/m0/s1. The maximum Gasteiger partial charge on any atom is 0.306 e. The third-order valence-electron chi connectivity index (χ3n) is 2.89. The second kappa shape index (κ2) is 7.91. The number of pyridine rings is 1. The third-order valence-corrected chi connectivity index (χ3v) is 3.93. The number of carbonyl (C=O) groups is 2. The Morgan fingerprint density at radius 3 is 2.95 bits per heavy atom. The van der Waals surface area contributed by atoms with Crippen molar-refractivity contribution in [2.75, 3.05) is 5.32 Å². The average molecular weight is 339 g/mol. The zero-order valence-corrected chi connectivity index (χ0v) is 13.5. The maximum atomic E-state index is 12.0. The first-order valence-electron chi connectivity index (χ1n) is 6.68. The van der Waals surface area contributed by atoms with Crippen LogP contribution in [-0.2, 0) is 20.7 Å². The van der Waals surface area contributed by atoms with Gasteiger partial charge in [0.1, 0.15) is 0 Å². The number of hydrogen-bond donors (Lipinski definition) is 1. The molecule has 0 unspecified atom stereocenters. The van der Waals surface area contributed by atoms with Gasteiger partial charge in [-0.05, 0) is 47.9 Å². The van der Waals surface area contributed by atoms with Crippen molar-refractivity contribution in [2.24, 2.45) is 0 Å². The van der Waals surface area contributed by atoms with Crippen molar-refractivity contribution in [2.45, 2.75) is 25.9 Å². The molecule has 1 amide bonds. The fourth-order valence-corrected chi connectivity index (χ4v) is 2.57. The summed E-state index contributed by atoms with van der Waals surface area (Å²) in [4.78, 5) is 27.5. The van der Waals surface area contributed by atoms with Crippen molar-refractivity contribution in [3.63, 3.8) is 0 Å². The van der Waals surface area contributed by atoms with E-state index in [0.717, 1.165) is 5.56 Å². The first-order chi connectivity index (χ1) is 10.6. The number of halogens is 1. The largest absolute Gasteiger partial charge is 0.453 e. The molecule has 22 heavy (non-hydrogen) atoms. The zero-order chi connectivity index (χ0) is 15.9. The van der Waals surface area contributed by atoms with E-state index < -0.39 is 18.0 Å². The molecule has 0 aliphatic carbocycles. The van der Waals surface area contributed by atoms with Gasteiger partial charge in [0.2, 0.25) is 0 Å². The smallest absolute Gasteiger partial charge is 0.306 e. The number of rotatable bonds is 6. The summed E-state index contributed by atoms with van der Waals surface area (Å²) in [7, 11) is 0. The molecule has 0 bridgehead atoms. The number of hydrogen-bond acceptors (Lipinski definition) is 5. The van der Waals surface area contributed by atoms with E-state index in [4.69, 9.17) is 16.3 Å². The molecule has 0 aromatic carbocycles. The number of esters is 1. The van der Waals surface area contributed by atoms with Crippen LogP contribution in [0.4, 0.5) is 5.69 Å². The highest BCUT2D eigenvalue weighted by molar-refractivity contribution is 7.07. The minimum absolute atomic E-state index is 0.187. The Bertz CT molecular complexity index is 646. The van der Waals surface area contributed by atoms with E-state index in [2.05, 4.69) is 10.3 Å². The molecule has 2 aromatic rings. The van der Waals surface area contributed by atoms with Crippen LogP contribution in [0.2, 0.25) is 5.15 Å². The summed E-state index contributed by atoms with van der Waals surface area (Å²) in [6.45, 7) is 1.52. The second-order valence-electron chi connectivity index (χ2n) is 4.59. The highest BCUT2D eigenvalue weighted by Crippen LogP contribution is 2.18. The van der Waals surface area contributed by atoms with E-state index >= 15 is 0 Å². The van der Waals surface area contributed by atoms with Crippen molar-refractivity contribution in [3.05, 3.63) is 45.9 Å². The van der Waals surface area contributed by atoms with Gasteiger partial charge in [0.15, 0.2) is 11.3 Å². The van der Waals surface area contributed by atoms with Gasteiger partial charge in [-0.15, -0.1) is 0 Å². The van der Waals surface area contributed by atoms with Crippen LogP contribution in [0, 0.1) is 0 Å². The Morgan fingerprint density at radius 2 is 2.27 bits per heavy atom. The Labute approximate surface area is 137 Å². The Balaban J connectivity index is 1.80. The van der Waals surface area contributed by atoms with Crippen LogP contribution in [-0.4, -0.2) is 23.0 Å². The minimum Gasteiger partial charge on any atom is -0.453 e. The monoisotopic (exact) mass is 338 g/mol. The van der Waals surface area contributed by atoms with E-state index in [1.54, 1.807) is 23.5 Å². The number of amides is 1. The van der Waals surface area contributed by atoms with E-state index in [9.17, 15) is 9.59 Å². The highest BCUT2D eigenvalue weighted by Gasteiger charge is 2.18. The third kappa shape index (κ3) is 4.82. The molecule has 2 aromatic heterocycles. The fraction of sp³-hybridized carbons (Fsp3) is 0.267. The van der Waals surface area contributed by atoms with Gasteiger partial charge in [0.05, 0.1) is 5.69 Å². The summed E-state index contributed by atoms with van der Waals surface area (Å²) in [5.41, 5.74) is 1.47. The van der Waals surface area contributed by atoms with Crippen LogP contribution in [0.5, 0.6) is 0 Å². The van der Waals surface area contributed by atoms with E-state index in [1.165, 1.54) is 13.1 Å². The number of aromatic nitrogens is 1. The highest BCUT2D eigenvalue weighted by atomic mass is 35.5. The number of thiophene rings is 1. The molecule has 7 heteroatoms. The molecule has 0 spiro atoms. The van der Waals surface area contributed by atoms with Gasteiger partial charge in [0, 0.05) is 12.6 Å². The zero-order valence-electron chi connectivity index (χ0n) is 11.9. The molecular weight excluding hydrogens is 324 g/mol. The molecule has 2 rings (SSSR count). The van der Waals surface area contributed by atoms with Crippen LogP contribution in [0.3, 0.4) is 0 Å². The lowest BCUT2D eigenvalue weighted by Gasteiger charge is -2.13. The molecule has 1 atom stereocenters. The average Bonchev–Trinajstić information content (AvgIpc) is 3.00. The summed E-state index contributed by atoms with van der Waals surface area (Å²) >= 11 is 7.43. The SMILES string of the molecule is C[C@H](OC(=O)CCc1ccsc1)C(=O)Nc1cccnc1Cl. The number of nitrogens with zero attached hydrogens (tertiary/aromatic N) is 1. The fourth-order valence-electron chi connectivity index (χ4n) is 1.70. The van der Waals surface area contributed by atoms with Gasteiger partial charge in [-0.2, -0.15) is 11.3 Å². The lowest BCUT2D eigenvalue weighted by molar-refractivity contribution is -0.153. The molecule has 1 N–H and O–H groups in total. The molecule has 0 saturated heterocycles. The summed E-state index contributed by atoms with van der Waals surface area (Å²) in [5, 5.41) is 6.70. The Morgan fingerprint density at radius 1 is 1.45 bits per heavy atom. The number of carbonyl (C=O) groups excluding carboxylic acids is 2. The predicted octanol–water partition coefficient (Wildman–Crippen LogP) is 3.30. The van der Waals surface area contributed by atoms with E-state index in [0.29, 0.717) is 12.1 Å². The normalized spacial score (nSPS) is 11.7. The lowest BCUT2D eigenvalue weighted by Crippen LogP contribution is -2.30. The van der Waals surface area contributed by atoms with Crippen molar-refractivity contribution >= 4 is 40.5 Å². The van der Waals surface area contributed by atoms with Gasteiger partial charge < -0.3 is 10.1 Å². The van der Waals surface area contributed by atoms with E-state index in [1.807, 2.05) is 16.8 Å². The first kappa shape index (κ1) is 16.5. The molecule has 116 valence electrons. The van der Waals surface area contributed by atoms with Crippen molar-refractivity contribution in [3.8, 4) is 0 Å². The summed E-state index contributed by atoms with van der Waals surface area (Å²) in [5.74, 6) is -0.857. The maximum absolute atomic E-state index is 12.0. The Kier molecular flexibility index (Phi) is 5.91. The molecule has 2 heterocycles. The lowest BCUT2D eigenvalue weighted by atomic mass is 10.2. The molecule has 0 saturated carbocycles. The van der Waals surface area contributed by atoms with Crippen molar-refractivity contribution in [1.82, 2.24) is 4.98 Å². The van der Waals surface area contributed by atoms with Crippen LogP contribution in [0.1, 0.15) is 18.9 Å². The summed E-state index contributed by atoms with van der Waals surface area (Å²) < 4.78 is 5.11. The topological polar surface area (TPSA) is 68.3 Å². The van der Waals surface area contributed by atoms with Gasteiger partial charge >= 0.3 is 5.97 Å². The predicted molar refractivity (Wildman–Crippen MR) is 86.1 cm³/mol. The molecule has 0 fully saturated rings. The molecule has 0 aliphatic heterocycles. The van der Waals surface area contributed by atoms with Crippen molar-refractivity contribution < 1.29 is 14.3 Å². The molecule has 0 radical (unpaired) electrons. The quantitative estimate of drug-likeness (QED) is 0.648. The minimum atomic E-state index is -0.897. The Hall–Kier alpha value is -1.92. The van der Waals surface area contributed by atoms with Crippen LogP contribution < -0.4 is 5.32 Å². The number of ether oxygens (including phenoxy) is 1. The summed E-state index contributed by atoms with van der Waals surface area (Å²) in [6.07, 6.45) is 1.46. The van der Waals surface area contributed by atoms with Crippen molar-refractivity contribution in [1.29, 1.82) is 0 Å². The van der Waals surface area contributed by atoms with Gasteiger partial charge in [-0.3, -0.25) is 9.59 Å². The first-order valence-corrected chi connectivity index (χ1v) is 8.00. The van der Waals surface area contributed by atoms with Gasteiger partial charge in [-0.1, -0.05) is 11.6 Å². The van der Waals surface area contributed by atoms with E-state index in [-0.39, 0.29) is 11.6 Å². The second-order valence-corrected chi connectivity index (χ2v) is 5.73. The number of anilines is 1. The summed E-state index contributed by atoms with van der Waals surface area (Å²) in [6, 6.07) is 5.23. The number of nitrogens with one attached hydrogen (secondary N) is 1. The molecular formula is C15H15ClN2O3S. The van der Waals surface area contributed by atoms with Gasteiger partial charge in [-0.25, -0.2) is 4.98 Å².